The van der Waals surface area contributed by atoms with Gasteiger partial charge in [-0.05, 0) is 19.1 Å². The summed E-state index contributed by atoms with van der Waals surface area (Å²) in [6, 6.07) is 6.54. The van der Waals surface area contributed by atoms with E-state index < -0.39 is 5.97 Å². The number of hydrogen-bond acceptors (Lipinski definition) is 4. The summed E-state index contributed by atoms with van der Waals surface area (Å²) in [6.45, 7) is 5.47. The van der Waals surface area contributed by atoms with E-state index in [9.17, 15) is 9.59 Å². The Hall–Kier alpha value is -1.84. The molecule has 0 heterocycles. The average molecular weight is 236 g/mol. The molecule has 0 aliphatic carbocycles. The maximum Gasteiger partial charge on any atom is 0.341 e. The van der Waals surface area contributed by atoms with Gasteiger partial charge in [-0.3, -0.25) is 4.79 Å². The van der Waals surface area contributed by atoms with Crippen molar-refractivity contribution in [1.82, 2.24) is 0 Å². The van der Waals surface area contributed by atoms with Crippen LogP contribution in [0, 0.1) is 5.92 Å². The molecule has 0 bridgehead atoms. The quantitative estimate of drug-likeness (QED) is 0.595. The van der Waals surface area contributed by atoms with E-state index in [4.69, 9.17) is 9.47 Å². The van der Waals surface area contributed by atoms with Crippen LogP contribution in [0.4, 0.5) is 0 Å². The number of hydrogen-bond donors (Lipinski definition) is 0. The molecular weight excluding hydrogens is 220 g/mol. The molecule has 0 saturated carbocycles. The molecule has 0 spiro atoms. The highest BCUT2D eigenvalue weighted by atomic mass is 16.5. The first-order valence-electron chi connectivity index (χ1n) is 5.54. The Morgan fingerprint density at radius 1 is 1.24 bits per heavy atom. The van der Waals surface area contributed by atoms with Crippen molar-refractivity contribution in [2.75, 3.05) is 6.61 Å². The topological polar surface area (TPSA) is 52.6 Å². The number of rotatable bonds is 4. The summed E-state index contributed by atoms with van der Waals surface area (Å²) in [5.74, 6) is -0.865. The van der Waals surface area contributed by atoms with Crippen molar-refractivity contribution in [2.24, 2.45) is 5.92 Å². The molecule has 4 heteroatoms. The number of benzene rings is 1. The molecule has 0 fully saturated rings. The smallest absolute Gasteiger partial charge is 0.341 e. The van der Waals surface area contributed by atoms with Gasteiger partial charge in [0, 0.05) is 0 Å². The fraction of sp³-hybridized carbons (Fsp3) is 0.385. The molecule has 0 N–H and O–H groups in total. The Kier molecular flexibility index (Phi) is 4.69. The molecule has 1 aromatic carbocycles. The molecule has 0 aliphatic heterocycles. The van der Waals surface area contributed by atoms with Crippen LogP contribution < -0.4 is 4.74 Å². The third kappa shape index (κ3) is 3.59. The highest BCUT2D eigenvalue weighted by Crippen LogP contribution is 2.20. The van der Waals surface area contributed by atoms with Gasteiger partial charge in [-0.1, -0.05) is 26.0 Å². The van der Waals surface area contributed by atoms with Crippen LogP contribution in [0.3, 0.4) is 0 Å². The molecule has 0 saturated heterocycles. The van der Waals surface area contributed by atoms with E-state index in [1.165, 1.54) is 0 Å². The second-order valence-electron chi connectivity index (χ2n) is 3.79. The summed E-state index contributed by atoms with van der Waals surface area (Å²) < 4.78 is 10.0. The highest BCUT2D eigenvalue weighted by molar-refractivity contribution is 5.93. The summed E-state index contributed by atoms with van der Waals surface area (Å²) in [5.41, 5.74) is 0.267. The molecule has 17 heavy (non-hydrogen) atoms. The molecule has 0 amide bonds. The van der Waals surface area contributed by atoms with Crippen LogP contribution in [-0.2, 0) is 9.53 Å². The van der Waals surface area contributed by atoms with Gasteiger partial charge < -0.3 is 9.47 Å². The maximum atomic E-state index is 11.6. The summed E-state index contributed by atoms with van der Waals surface area (Å²) >= 11 is 0. The van der Waals surface area contributed by atoms with Crippen molar-refractivity contribution in [1.29, 1.82) is 0 Å². The minimum absolute atomic E-state index is 0.240. The van der Waals surface area contributed by atoms with E-state index in [0.717, 1.165) is 0 Å². The van der Waals surface area contributed by atoms with Crippen LogP contribution in [0.1, 0.15) is 31.1 Å². The third-order valence-corrected chi connectivity index (χ3v) is 2.06. The molecule has 0 radical (unpaired) electrons. The zero-order valence-corrected chi connectivity index (χ0v) is 10.2. The largest absolute Gasteiger partial charge is 0.462 e. The monoisotopic (exact) mass is 236 g/mol. The summed E-state index contributed by atoms with van der Waals surface area (Å²) in [5, 5.41) is 0. The molecule has 0 aliphatic rings. The molecule has 0 unspecified atom stereocenters. The van der Waals surface area contributed by atoms with Crippen LogP contribution >= 0.6 is 0 Å². The zero-order valence-electron chi connectivity index (χ0n) is 10.2. The van der Waals surface area contributed by atoms with E-state index in [0.29, 0.717) is 0 Å². The van der Waals surface area contributed by atoms with Gasteiger partial charge in [0.1, 0.15) is 11.3 Å². The van der Waals surface area contributed by atoms with Crippen molar-refractivity contribution in [2.45, 2.75) is 20.8 Å². The lowest BCUT2D eigenvalue weighted by Gasteiger charge is -2.10. The first-order chi connectivity index (χ1) is 8.06. The first-order valence-corrected chi connectivity index (χ1v) is 5.54. The van der Waals surface area contributed by atoms with Gasteiger partial charge in [0.2, 0.25) is 0 Å². The molecule has 0 atom stereocenters. The van der Waals surface area contributed by atoms with Gasteiger partial charge in [-0.2, -0.15) is 0 Å². The molecule has 1 rings (SSSR count). The van der Waals surface area contributed by atoms with Gasteiger partial charge >= 0.3 is 11.9 Å². The summed E-state index contributed by atoms with van der Waals surface area (Å²) in [4.78, 5) is 23.1. The predicted octanol–water partition coefficient (Wildman–Crippen LogP) is 2.42. The van der Waals surface area contributed by atoms with Crippen LogP contribution in [0.15, 0.2) is 24.3 Å². The number of ether oxygens (including phenoxy) is 2. The lowest BCUT2D eigenvalue weighted by atomic mass is 10.2. The van der Waals surface area contributed by atoms with E-state index in [-0.39, 0.29) is 29.8 Å². The number of carbonyl (C=O) groups excluding carboxylic acids is 2. The van der Waals surface area contributed by atoms with E-state index in [2.05, 4.69) is 0 Å². The lowest BCUT2D eigenvalue weighted by Crippen LogP contribution is -2.17. The molecular formula is C13H16O4. The van der Waals surface area contributed by atoms with E-state index >= 15 is 0 Å². The second-order valence-corrected chi connectivity index (χ2v) is 3.79. The van der Waals surface area contributed by atoms with Gasteiger partial charge in [-0.25, -0.2) is 4.79 Å². The second kappa shape index (κ2) is 6.03. The fourth-order valence-electron chi connectivity index (χ4n) is 1.16. The Morgan fingerprint density at radius 3 is 2.47 bits per heavy atom. The van der Waals surface area contributed by atoms with Crippen LogP contribution in [0.5, 0.6) is 5.75 Å². The van der Waals surface area contributed by atoms with Crippen LogP contribution in [-0.4, -0.2) is 18.5 Å². The lowest BCUT2D eigenvalue weighted by molar-refractivity contribution is -0.137. The van der Waals surface area contributed by atoms with Crippen LogP contribution in [0.2, 0.25) is 0 Å². The third-order valence-electron chi connectivity index (χ3n) is 2.06. The Bertz CT molecular complexity index is 410. The Labute approximate surface area is 101 Å². The average Bonchev–Trinajstić information content (AvgIpc) is 2.29. The summed E-state index contributed by atoms with van der Waals surface area (Å²) in [6.07, 6.45) is 0. The molecule has 4 nitrogen and oxygen atoms in total. The normalized spacial score (nSPS) is 10.1. The number of para-hydroxylation sites is 1. The fourth-order valence-corrected chi connectivity index (χ4v) is 1.16. The van der Waals surface area contributed by atoms with Crippen LogP contribution in [0.25, 0.3) is 0 Å². The standard InChI is InChI=1S/C13H16O4/c1-4-16-13(15)10-7-5-6-8-11(10)17-12(14)9(2)3/h5-9H,4H2,1-3H3. The minimum atomic E-state index is -0.486. The number of carbonyl (C=O) groups is 2. The Balaban J connectivity index is 2.92. The highest BCUT2D eigenvalue weighted by Gasteiger charge is 2.17. The minimum Gasteiger partial charge on any atom is -0.462 e. The molecule has 0 aromatic heterocycles. The molecule has 1 aromatic rings. The Morgan fingerprint density at radius 2 is 1.88 bits per heavy atom. The van der Waals surface area contributed by atoms with Crippen molar-refractivity contribution >= 4 is 11.9 Å². The van der Waals surface area contributed by atoms with Crippen molar-refractivity contribution in [3.63, 3.8) is 0 Å². The van der Waals surface area contributed by atoms with E-state index in [1.807, 2.05) is 0 Å². The van der Waals surface area contributed by atoms with Crippen molar-refractivity contribution in [3.8, 4) is 5.75 Å². The van der Waals surface area contributed by atoms with Gasteiger partial charge in [0.05, 0.1) is 12.5 Å². The van der Waals surface area contributed by atoms with E-state index in [1.54, 1.807) is 45.0 Å². The SMILES string of the molecule is CCOC(=O)c1ccccc1OC(=O)C(C)C. The van der Waals surface area contributed by atoms with Crippen molar-refractivity contribution < 1.29 is 19.1 Å². The van der Waals surface area contributed by atoms with Crippen molar-refractivity contribution in [3.05, 3.63) is 29.8 Å². The predicted molar refractivity (Wildman–Crippen MR) is 62.9 cm³/mol. The summed E-state index contributed by atoms with van der Waals surface area (Å²) in [7, 11) is 0. The van der Waals surface area contributed by atoms with Gasteiger partial charge in [0.15, 0.2) is 0 Å². The molecule has 92 valence electrons. The zero-order chi connectivity index (χ0) is 12.8. The maximum absolute atomic E-state index is 11.6. The number of esters is 2. The van der Waals surface area contributed by atoms with Gasteiger partial charge in [-0.15, -0.1) is 0 Å². The first kappa shape index (κ1) is 13.2. The van der Waals surface area contributed by atoms with Gasteiger partial charge in [0.25, 0.3) is 0 Å².